The van der Waals surface area contributed by atoms with Crippen LogP contribution in [0, 0.1) is 17.1 Å². The molecule has 0 spiro atoms. The van der Waals surface area contributed by atoms with Gasteiger partial charge in [0.15, 0.2) is 0 Å². The van der Waals surface area contributed by atoms with Gasteiger partial charge < -0.3 is 9.64 Å². The molecule has 2 fully saturated rings. The number of amides is 2. The van der Waals surface area contributed by atoms with E-state index in [4.69, 9.17) is 4.74 Å². The summed E-state index contributed by atoms with van der Waals surface area (Å²) in [4.78, 5) is 29.5. The molecule has 2 heterocycles. The van der Waals surface area contributed by atoms with Gasteiger partial charge in [-0.2, -0.15) is 5.26 Å². The zero-order chi connectivity index (χ0) is 21.8. The molecule has 31 heavy (non-hydrogen) atoms. The fourth-order valence-corrected chi connectivity index (χ4v) is 4.85. The van der Waals surface area contributed by atoms with Crippen LogP contribution in [0.1, 0.15) is 5.56 Å². The lowest BCUT2D eigenvalue weighted by molar-refractivity contribution is -0.130. The molecule has 2 aromatic carbocycles. The Balaban J connectivity index is 1.71. The van der Waals surface area contributed by atoms with Crippen LogP contribution < -0.4 is 4.90 Å². The van der Waals surface area contributed by atoms with Gasteiger partial charge in [0.1, 0.15) is 22.5 Å². The van der Waals surface area contributed by atoms with Gasteiger partial charge in [0, 0.05) is 18.8 Å². The molecule has 2 saturated heterocycles. The number of hydrogen-bond donors (Lipinski definition) is 0. The van der Waals surface area contributed by atoms with Crippen molar-refractivity contribution in [1.82, 2.24) is 4.90 Å². The quantitative estimate of drug-likeness (QED) is 0.543. The van der Waals surface area contributed by atoms with E-state index in [1.807, 2.05) is 12.1 Å². The lowest BCUT2D eigenvalue weighted by atomic mass is 10.1. The van der Waals surface area contributed by atoms with Gasteiger partial charge in [0.25, 0.3) is 5.91 Å². The van der Waals surface area contributed by atoms with E-state index in [1.54, 1.807) is 41.3 Å². The second kappa shape index (κ2) is 9.33. The molecule has 0 N–H and O–H groups in total. The maximum Gasteiger partial charge on any atom is 0.267 e. The SMILES string of the molecule is N#C/C(C(=O)N1CCOCC1)=C1\S[C@@H](Cc2ccc(F)cc2)C(=O)N1c1ccccc1. The summed E-state index contributed by atoms with van der Waals surface area (Å²) in [5.74, 6) is -0.953. The number of morpholine rings is 1. The summed E-state index contributed by atoms with van der Waals surface area (Å²) in [6.45, 7) is 1.64. The number of para-hydroxylation sites is 1. The van der Waals surface area contributed by atoms with Crippen molar-refractivity contribution in [2.75, 3.05) is 31.2 Å². The van der Waals surface area contributed by atoms with Gasteiger partial charge in [-0.3, -0.25) is 14.5 Å². The lowest BCUT2D eigenvalue weighted by Crippen LogP contribution is -2.42. The van der Waals surface area contributed by atoms with Crippen molar-refractivity contribution in [3.8, 4) is 6.07 Å². The van der Waals surface area contributed by atoms with Crippen LogP contribution in [0.4, 0.5) is 10.1 Å². The van der Waals surface area contributed by atoms with E-state index in [2.05, 4.69) is 0 Å². The van der Waals surface area contributed by atoms with Crippen LogP contribution >= 0.6 is 11.8 Å². The number of benzene rings is 2. The number of anilines is 1. The Morgan fingerprint density at radius 2 is 1.81 bits per heavy atom. The molecule has 8 heteroatoms. The number of nitrogens with zero attached hydrogens (tertiary/aromatic N) is 3. The summed E-state index contributed by atoms with van der Waals surface area (Å²) in [6.07, 6.45) is 0.362. The normalized spacial score (nSPS) is 20.5. The van der Waals surface area contributed by atoms with Crippen LogP contribution in [0.2, 0.25) is 0 Å². The Morgan fingerprint density at radius 1 is 1.13 bits per heavy atom. The molecule has 2 aliphatic heterocycles. The number of carbonyl (C=O) groups excluding carboxylic acids is 2. The highest BCUT2D eigenvalue weighted by molar-refractivity contribution is 8.05. The Hall–Kier alpha value is -3.15. The summed E-state index contributed by atoms with van der Waals surface area (Å²) in [5.41, 5.74) is 1.35. The minimum absolute atomic E-state index is 0.0503. The predicted octanol–water partition coefficient (Wildman–Crippen LogP) is 3.11. The maximum absolute atomic E-state index is 13.3. The first kappa shape index (κ1) is 21.1. The first-order valence-electron chi connectivity index (χ1n) is 9.90. The first-order valence-corrected chi connectivity index (χ1v) is 10.8. The average molecular weight is 437 g/mol. The fourth-order valence-electron chi connectivity index (χ4n) is 3.55. The Labute approximate surface area is 183 Å². The number of hydrogen-bond acceptors (Lipinski definition) is 5. The van der Waals surface area contributed by atoms with Crippen LogP contribution in [-0.4, -0.2) is 48.3 Å². The largest absolute Gasteiger partial charge is 0.378 e. The van der Waals surface area contributed by atoms with E-state index in [0.29, 0.717) is 43.4 Å². The van der Waals surface area contributed by atoms with Crippen LogP contribution in [-0.2, 0) is 20.7 Å². The van der Waals surface area contributed by atoms with Crippen molar-refractivity contribution < 1.29 is 18.7 Å². The van der Waals surface area contributed by atoms with Gasteiger partial charge in [-0.15, -0.1) is 0 Å². The third-order valence-corrected chi connectivity index (χ3v) is 6.40. The van der Waals surface area contributed by atoms with Crippen LogP contribution in [0.3, 0.4) is 0 Å². The van der Waals surface area contributed by atoms with Crippen LogP contribution in [0.15, 0.2) is 65.2 Å². The topological polar surface area (TPSA) is 73.6 Å². The molecule has 0 unspecified atom stereocenters. The van der Waals surface area contributed by atoms with Gasteiger partial charge in [0.2, 0.25) is 5.91 Å². The molecule has 0 aromatic heterocycles. The van der Waals surface area contributed by atoms with Crippen LogP contribution in [0.5, 0.6) is 0 Å². The molecular weight excluding hydrogens is 417 g/mol. The highest BCUT2D eigenvalue weighted by Crippen LogP contribution is 2.42. The number of halogens is 1. The molecule has 2 aromatic rings. The van der Waals surface area contributed by atoms with Crippen molar-refractivity contribution in [3.05, 3.63) is 76.6 Å². The molecule has 0 saturated carbocycles. The average Bonchev–Trinajstić information content (AvgIpc) is 3.12. The van der Waals surface area contributed by atoms with Gasteiger partial charge in [-0.05, 0) is 36.2 Å². The lowest BCUT2D eigenvalue weighted by Gasteiger charge is -2.27. The fraction of sp³-hybridized carbons (Fsp3) is 0.261. The summed E-state index contributed by atoms with van der Waals surface area (Å²) in [6, 6.07) is 17.0. The smallest absolute Gasteiger partial charge is 0.267 e. The van der Waals surface area contributed by atoms with E-state index >= 15 is 0 Å². The molecule has 4 rings (SSSR count). The second-order valence-electron chi connectivity index (χ2n) is 7.14. The Bertz CT molecular complexity index is 1040. The molecule has 6 nitrogen and oxygen atoms in total. The molecular formula is C23H20FN3O3S. The van der Waals surface area contributed by atoms with Gasteiger partial charge >= 0.3 is 0 Å². The van der Waals surface area contributed by atoms with E-state index in [9.17, 15) is 19.2 Å². The van der Waals surface area contributed by atoms with E-state index in [1.165, 1.54) is 28.8 Å². The molecule has 158 valence electrons. The van der Waals surface area contributed by atoms with Gasteiger partial charge in [-0.25, -0.2) is 4.39 Å². The van der Waals surface area contributed by atoms with Gasteiger partial charge in [0.05, 0.1) is 18.5 Å². The molecule has 0 bridgehead atoms. The van der Waals surface area contributed by atoms with E-state index in [-0.39, 0.29) is 17.3 Å². The minimum atomic E-state index is -0.526. The zero-order valence-corrected chi connectivity index (χ0v) is 17.5. The third kappa shape index (κ3) is 4.48. The van der Waals surface area contributed by atoms with E-state index in [0.717, 1.165) is 5.56 Å². The van der Waals surface area contributed by atoms with Crippen molar-refractivity contribution in [3.63, 3.8) is 0 Å². The number of thioether (sulfide) groups is 1. The van der Waals surface area contributed by atoms with Crippen molar-refractivity contribution in [2.24, 2.45) is 0 Å². The molecule has 1 atom stereocenters. The van der Waals surface area contributed by atoms with Crippen molar-refractivity contribution in [1.29, 1.82) is 5.26 Å². The molecule has 2 aliphatic rings. The number of rotatable bonds is 4. The summed E-state index contributed by atoms with van der Waals surface area (Å²) < 4.78 is 18.6. The Kier molecular flexibility index (Phi) is 6.35. The van der Waals surface area contributed by atoms with E-state index < -0.39 is 11.2 Å². The number of carbonyl (C=O) groups is 2. The van der Waals surface area contributed by atoms with Gasteiger partial charge in [-0.1, -0.05) is 42.1 Å². The van der Waals surface area contributed by atoms with Crippen molar-refractivity contribution in [2.45, 2.75) is 11.7 Å². The second-order valence-corrected chi connectivity index (χ2v) is 8.33. The van der Waals surface area contributed by atoms with Crippen molar-refractivity contribution >= 4 is 29.3 Å². The first-order chi connectivity index (χ1) is 15.1. The minimum Gasteiger partial charge on any atom is -0.378 e. The maximum atomic E-state index is 13.3. The third-order valence-electron chi connectivity index (χ3n) is 5.14. The number of ether oxygens (including phenoxy) is 1. The van der Waals surface area contributed by atoms with Crippen LogP contribution in [0.25, 0.3) is 0 Å². The summed E-state index contributed by atoms with van der Waals surface area (Å²) >= 11 is 1.21. The number of nitriles is 1. The highest BCUT2D eigenvalue weighted by Gasteiger charge is 2.41. The summed E-state index contributed by atoms with van der Waals surface area (Å²) in [5, 5.41) is 9.67. The summed E-state index contributed by atoms with van der Waals surface area (Å²) in [7, 11) is 0. The standard InChI is InChI=1S/C23H20FN3O3S/c24-17-8-6-16(7-9-17)14-20-22(29)27(18-4-2-1-3-5-18)23(31-20)19(15-25)21(28)26-10-12-30-13-11-26/h1-9,20H,10-14H2/b23-19+/t20-/m0/s1. The zero-order valence-electron chi connectivity index (χ0n) is 16.7. The predicted molar refractivity (Wildman–Crippen MR) is 115 cm³/mol. The highest BCUT2D eigenvalue weighted by atomic mass is 32.2. The Morgan fingerprint density at radius 3 is 2.45 bits per heavy atom. The molecule has 0 aliphatic carbocycles. The monoisotopic (exact) mass is 437 g/mol. The molecule has 0 radical (unpaired) electrons. The molecule has 2 amide bonds.